The average Bonchev–Trinajstić information content (AvgIpc) is 3.35. The van der Waals surface area contributed by atoms with Crippen LogP contribution in [-0.4, -0.2) is 36.5 Å². The maximum absolute atomic E-state index is 12.9. The average molecular weight is 420 g/mol. The standard InChI is InChI=1S/C23H20N2O6/c1-3-30-19-10-8-14-6-4-5-7-16(14)17(19)12-18-21(26)25(23(28)24-18)13-15-9-11-20(31-15)22(27)29-2/h4-12H,3,13H2,1-2H3,(H,24,28)/b18-12-. The molecule has 0 unspecified atom stereocenters. The summed E-state index contributed by atoms with van der Waals surface area (Å²) in [6.07, 6.45) is 1.62. The van der Waals surface area contributed by atoms with E-state index < -0.39 is 17.9 Å². The van der Waals surface area contributed by atoms with Crippen molar-refractivity contribution in [3.63, 3.8) is 0 Å². The number of carbonyl (C=O) groups is 3. The number of methoxy groups -OCH3 is 1. The van der Waals surface area contributed by atoms with Gasteiger partial charge in [0.1, 0.15) is 17.2 Å². The Morgan fingerprint density at radius 1 is 1.13 bits per heavy atom. The van der Waals surface area contributed by atoms with Gasteiger partial charge >= 0.3 is 12.0 Å². The van der Waals surface area contributed by atoms with Crippen LogP contribution in [-0.2, 0) is 16.1 Å². The minimum Gasteiger partial charge on any atom is -0.493 e. The lowest BCUT2D eigenvalue weighted by Gasteiger charge is -2.11. The van der Waals surface area contributed by atoms with Gasteiger partial charge in [0.25, 0.3) is 5.91 Å². The molecule has 1 N–H and O–H groups in total. The van der Waals surface area contributed by atoms with E-state index in [-0.39, 0.29) is 23.8 Å². The van der Waals surface area contributed by atoms with Crippen LogP contribution in [0.2, 0.25) is 0 Å². The second-order valence-corrected chi connectivity index (χ2v) is 6.77. The fourth-order valence-corrected chi connectivity index (χ4v) is 3.39. The first-order chi connectivity index (χ1) is 15.0. The van der Waals surface area contributed by atoms with E-state index in [0.717, 1.165) is 15.7 Å². The lowest BCUT2D eigenvalue weighted by atomic mass is 10.0. The van der Waals surface area contributed by atoms with Crippen molar-refractivity contribution in [2.45, 2.75) is 13.5 Å². The molecule has 8 nitrogen and oxygen atoms in total. The third-order valence-corrected chi connectivity index (χ3v) is 4.84. The van der Waals surface area contributed by atoms with Crippen LogP contribution in [0.25, 0.3) is 16.8 Å². The Bertz CT molecular complexity index is 1210. The lowest BCUT2D eigenvalue weighted by Crippen LogP contribution is -2.30. The number of nitrogens with one attached hydrogen (secondary N) is 1. The number of urea groups is 1. The molecule has 3 aromatic rings. The fourth-order valence-electron chi connectivity index (χ4n) is 3.39. The van der Waals surface area contributed by atoms with Gasteiger partial charge in [-0.05, 0) is 42.0 Å². The van der Waals surface area contributed by atoms with Gasteiger partial charge in [-0.2, -0.15) is 0 Å². The maximum atomic E-state index is 12.9. The predicted octanol–water partition coefficient (Wildman–Crippen LogP) is 3.71. The monoisotopic (exact) mass is 420 g/mol. The summed E-state index contributed by atoms with van der Waals surface area (Å²) in [5.41, 5.74) is 0.832. The van der Waals surface area contributed by atoms with Crippen molar-refractivity contribution in [3.8, 4) is 5.75 Å². The maximum Gasteiger partial charge on any atom is 0.373 e. The van der Waals surface area contributed by atoms with Gasteiger partial charge < -0.3 is 19.2 Å². The highest BCUT2D eigenvalue weighted by molar-refractivity contribution is 6.14. The second-order valence-electron chi connectivity index (χ2n) is 6.77. The van der Waals surface area contributed by atoms with Gasteiger partial charge in [-0.3, -0.25) is 9.69 Å². The summed E-state index contributed by atoms with van der Waals surface area (Å²) in [5, 5.41) is 4.49. The number of furan rings is 1. The molecule has 1 aliphatic rings. The quantitative estimate of drug-likeness (QED) is 0.371. The minimum absolute atomic E-state index is 0.00238. The molecule has 0 atom stereocenters. The highest BCUT2D eigenvalue weighted by Crippen LogP contribution is 2.31. The van der Waals surface area contributed by atoms with Crippen molar-refractivity contribution in [2.75, 3.05) is 13.7 Å². The van der Waals surface area contributed by atoms with Crippen molar-refractivity contribution in [2.24, 2.45) is 0 Å². The number of esters is 1. The summed E-state index contributed by atoms with van der Waals surface area (Å²) in [7, 11) is 1.24. The molecule has 0 saturated carbocycles. The zero-order chi connectivity index (χ0) is 22.0. The first-order valence-electron chi connectivity index (χ1n) is 9.68. The summed E-state index contributed by atoms with van der Waals surface area (Å²) in [6.45, 7) is 2.22. The normalized spacial score (nSPS) is 14.9. The first kappa shape index (κ1) is 20.2. The van der Waals surface area contributed by atoms with Crippen LogP contribution in [0.15, 0.2) is 58.6 Å². The highest BCUT2D eigenvalue weighted by Gasteiger charge is 2.34. The second kappa shape index (κ2) is 8.35. The summed E-state index contributed by atoms with van der Waals surface area (Å²) in [6, 6.07) is 13.9. The molecular formula is C23H20N2O6. The molecule has 1 saturated heterocycles. The van der Waals surface area contributed by atoms with Gasteiger partial charge in [-0.1, -0.05) is 30.3 Å². The molecule has 0 spiro atoms. The zero-order valence-electron chi connectivity index (χ0n) is 17.0. The van der Waals surface area contributed by atoms with Crippen molar-refractivity contribution in [1.82, 2.24) is 10.2 Å². The number of benzene rings is 2. The predicted molar refractivity (Wildman–Crippen MR) is 112 cm³/mol. The van der Waals surface area contributed by atoms with E-state index in [4.69, 9.17) is 9.15 Å². The van der Waals surface area contributed by atoms with E-state index in [9.17, 15) is 14.4 Å². The first-order valence-corrected chi connectivity index (χ1v) is 9.68. The number of carbonyl (C=O) groups excluding carboxylic acids is 3. The largest absolute Gasteiger partial charge is 0.493 e. The number of fused-ring (bicyclic) bond motifs is 1. The molecule has 0 bridgehead atoms. The molecule has 2 aromatic carbocycles. The van der Waals surface area contributed by atoms with Gasteiger partial charge in [0.2, 0.25) is 5.76 Å². The van der Waals surface area contributed by atoms with E-state index in [0.29, 0.717) is 17.9 Å². The Morgan fingerprint density at radius 2 is 1.94 bits per heavy atom. The van der Waals surface area contributed by atoms with Crippen LogP contribution in [0.3, 0.4) is 0 Å². The topological polar surface area (TPSA) is 98.1 Å². The Morgan fingerprint density at radius 3 is 2.71 bits per heavy atom. The summed E-state index contributed by atoms with van der Waals surface area (Å²) in [4.78, 5) is 37.9. The summed E-state index contributed by atoms with van der Waals surface area (Å²) < 4.78 is 15.7. The SMILES string of the molecule is CCOc1ccc2ccccc2c1/C=C1\NC(=O)N(Cc2ccc(C(=O)OC)o2)C1=O. The number of ether oxygens (including phenoxy) is 2. The van der Waals surface area contributed by atoms with Gasteiger partial charge in [-0.15, -0.1) is 0 Å². The van der Waals surface area contributed by atoms with Crippen LogP contribution in [0, 0.1) is 0 Å². The number of hydrogen-bond donors (Lipinski definition) is 1. The van der Waals surface area contributed by atoms with E-state index in [2.05, 4.69) is 10.1 Å². The fraction of sp³-hybridized carbons (Fsp3) is 0.174. The van der Waals surface area contributed by atoms with Crippen molar-refractivity contribution < 1.29 is 28.3 Å². The Kier molecular flexibility index (Phi) is 5.44. The Labute approximate surface area is 178 Å². The van der Waals surface area contributed by atoms with E-state index in [1.807, 2.05) is 43.3 Å². The van der Waals surface area contributed by atoms with E-state index >= 15 is 0 Å². The number of amides is 3. The lowest BCUT2D eigenvalue weighted by molar-refractivity contribution is -0.123. The smallest absolute Gasteiger partial charge is 0.373 e. The zero-order valence-corrected chi connectivity index (χ0v) is 17.0. The van der Waals surface area contributed by atoms with Crippen molar-refractivity contribution in [3.05, 3.63) is 71.3 Å². The van der Waals surface area contributed by atoms with Crippen LogP contribution in [0.1, 0.15) is 28.8 Å². The molecule has 2 heterocycles. The van der Waals surface area contributed by atoms with E-state index in [1.54, 1.807) is 6.08 Å². The van der Waals surface area contributed by atoms with Gasteiger partial charge in [0.15, 0.2) is 0 Å². The molecule has 31 heavy (non-hydrogen) atoms. The Balaban J connectivity index is 1.65. The Hall–Kier alpha value is -4.07. The van der Waals surface area contributed by atoms with Crippen molar-refractivity contribution >= 4 is 34.8 Å². The molecule has 0 radical (unpaired) electrons. The van der Waals surface area contributed by atoms with E-state index in [1.165, 1.54) is 19.2 Å². The molecule has 1 fully saturated rings. The van der Waals surface area contributed by atoms with Crippen LogP contribution in [0.4, 0.5) is 4.79 Å². The third-order valence-electron chi connectivity index (χ3n) is 4.84. The molecule has 8 heteroatoms. The van der Waals surface area contributed by atoms with Crippen LogP contribution in [0.5, 0.6) is 5.75 Å². The molecule has 1 aromatic heterocycles. The summed E-state index contributed by atoms with van der Waals surface area (Å²) >= 11 is 0. The number of hydrogen-bond acceptors (Lipinski definition) is 6. The summed E-state index contributed by atoms with van der Waals surface area (Å²) in [5.74, 6) is -0.245. The van der Waals surface area contributed by atoms with Gasteiger partial charge in [0, 0.05) is 5.56 Å². The molecular weight excluding hydrogens is 400 g/mol. The molecule has 158 valence electrons. The number of imide groups is 1. The van der Waals surface area contributed by atoms with Crippen molar-refractivity contribution in [1.29, 1.82) is 0 Å². The molecule has 3 amide bonds. The molecule has 4 rings (SSSR count). The highest BCUT2D eigenvalue weighted by atomic mass is 16.5. The molecule has 0 aliphatic carbocycles. The molecule has 1 aliphatic heterocycles. The van der Waals surface area contributed by atoms with Crippen LogP contribution < -0.4 is 10.1 Å². The third kappa shape index (κ3) is 3.87. The van der Waals surface area contributed by atoms with Gasteiger partial charge in [0.05, 0.1) is 20.3 Å². The number of nitrogens with zero attached hydrogens (tertiary/aromatic N) is 1. The van der Waals surface area contributed by atoms with Gasteiger partial charge in [-0.25, -0.2) is 9.59 Å². The number of rotatable bonds is 6. The van der Waals surface area contributed by atoms with Crippen LogP contribution >= 0.6 is 0 Å². The minimum atomic E-state index is -0.636.